The third-order valence-corrected chi connectivity index (χ3v) is 5.41. The van der Waals surface area contributed by atoms with E-state index in [-0.39, 0.29) is 12.3 Å². The van der Waals surface area contributed by atoms with Gasteiger partial charge >= 0.3 is 0 Å². The lowest BCUT2D eigenvalue weighted by atomic mass is 10.0. The molecule has 0 radical (unpaired) electrons. The van der Waals surface area contributed by atoms with Crippen molar-refractivity contribution in [3.05, 3.63) is 65.7 Å². The number of morpholine rings is 1. The Balaban J connectivity index is 1.51. The van der Waals surface area contributed by atoms with Crippen LogP contribution in [-0.4, -0.2) is 44.3 Å². The monoisotopic (exact) mass is 338 g/mol. The van der Waals surface area contributed by atoms with Gasteiger partial charge in [0.15, 0.2) is 0 Å². The minimum Gasteiger partial charge on any atom is -0.378 e. The Labute approximate surface area is 150 Å². The largest absolute Gasteiger partial charge is 0.378 e. The molecule has 2 aromatic carbocycles. The Morgan fingerprint density at radius 3 is 2.24 bits per heavy atom. The summed E-state index contributed by atoms with van der Waals surface area (Å²) in [7, 11) is 2.15. The number of rotatable bonds is 3. The summed E-state index contributed by atoms with van der Waals surface area (Å²) in [5.41, 5.74) is 3.72. The van der Waals surface area contributed by atoms with Gasteiger partial charge in [-0.15, -0.1) is 0 Å². The molecule has 3 atom stereocenters. The molecule has 0 aliphatic carbocycles. The van der Waals surface area contributed by atoms with Crippen LogP contribution in [0.2, 0.25) is 0 Å². The lowest BCUT2D eigenvalue weighted by molar-refractivity contribution is 0.00560. The Hall–Kier alpha value is -1.88. The molecule has 0 aromatic heterocycles. The summed E-state index contributed by atoms with van der Waals surface area (Å²) in [6, 6.07) is 19.7. The first kappa shape index (κ1) is 16.6. The third kappa shape index (κ3) is 3.30. The van der Waals surface area contributed by atoms with Crippen LogP contribution in [0.1, 0.15) is 30.4 Å². The van der Waals surface area contributed by atoms with Gasteiger partial charge in [0.05, 0.1) is 13.2 Å². The van der Waals surface area contributed by atoms with Crippen LogP contribution in [0.15, 0.2) is 54.6 Å². The van der Waals surface area contributed by atoms with Crippen molar-refractivity contribution in [2.75, 3.05) is 38.3 Å². The van der Waals surface area contributed by atoms with Crippen LogP contribution in [0.4, 0.5) is 5.69 Å². The van der Waals surface area contributed by atoms with Gasteiger partial charge in [0, 0.05) is 24.8 Å². The summed E-state index contributed by atoms with van der Waals surface area (Å²) >= 11 is 0. The smallest absolute Gasteiger partial charge is 0.137 e. The molecular formula is C21H26N2O2. The Morgan fingerprint density at radius 1 is 0.880 bits per heavy atom. The summed E-state index contributed by atoms with van der Waals surface area (Å²) in [5.74, 6) is 0. The molecule has 2 aromatic rings. The number of hydrogen-bond acceptors (Lipinski definition) is 4. The zero-order valence-electron chi connectivity index (χ0n) is 15.0. The molecule has 0 bridgehead atoms. The molecular weight excluding hydrogens is 312 g/mol. The third-order valence-electron chi connectivity index (χ3n) is 5.41. The number of anilines is 1. The predicted molar refractivity (Wildman–Crippen MR) is 99.7 cm³/mol. The molecule has 2 fully saturated rings. The van der Waals surface area contributed by atoms with E-state index in [4.69, 9.17) is 9.47 Å². The van der Waals surface area contributed by atoms with E-state index >= 15 is 0 Å². The fraction of sp³-hybridized carbons (Fsp3) is 0.429. The van der Waals surface area contributed by atoms with Gasteiger partial charge < -0.3 is 14.4 Å². The van der Waals surface area contributed by atoms with Crippen LogP contribution in [0.5, 0.6) is 0 Å². The average molecular weight is 338 g/mol. The van der Waals surface area contributed by atoms with E-state index in [1.807, 2.05) is 0 Å². The normalized spacial score (nSPS) is 27.6. The molecule has 2 heterocycles. The average Bonchev–Trinajstić information content (AvgIpc) is 2.98. The number of hydrogen-bond donors (Lipinski definition) is 0. The Kier molecular flexibility index (Phi) is 4.75. The van der Waals surface area contributed by atoms with Crippen molar-refractivity contribution in [3.63, 3.8) is 0 Å². The van der Waals surface area contributed by atoms with Crippen molar-refractivity contribution in [2.45, 2.75) is 25.3 Å². The molecule has 0 saturated carbocycles. The molecule has 0 amide bonds. The standard InChI is InChI=1S/C21H26N2O2/c1-16-20(17-6-4-3-5-7-17)25-21(22(16)2)18-8-10-19(11-9-18)23-12-14-24-15-13-23/h3-11,16,20-21H,12-15H2,1-2H3/t16-,20-,21+/m0/s1. The highest BCUT2D eigenvalue weighted by atomic mass is 16.5. The van der Waals surface area contributed by atoms with Crippen molar-refractivity contribution in [1.82, 2.24) is 4.90 Å². The van der Waals surface area contributed by atoms with Crippen molar-refractivity contribution < 1.29 is 9.47 Å². The first-order valence-electron chi connectivity index (χ1n) is 9.09. The molecule has 0 spiro atoms. The topological polar surface area (TPSA) is 24.9 Å². The summed E-state index contributed by atoms with van der Waals surface area (Å²) < 4.78 is 11.9. The fourth-order valence-corrected chi connectivity index (χ4v) is 3.76. The van der Waals surface area contributed by atoms with Crippen LogP contribution in [0.3, 0.4) is 0 Å². The van der Waals surface area contributed by atoms with E-state index in [1.165, 1.54) is 16.8 Å². The van der Waals surface area contributed by atoms with Crippen LogP contribution in [-0.2, 0) is 9.47 Å². The van der Waals surface area contributed by atoms with E-state index in [0.29, 0.717) is 6.04 Å². The van der Waals surface area contributed by atoms with Crippen molar-refractivity contribution in [1.29, 1.82) is 0 Å². The zero-order chi connectivity index (χ0) is 17.2. The maximum absolute atomic E-state index is 6.44. The van der Waals surface area contributed by atoms with Crippen molar-refractivity contribution in [3.8, 4) is 0 Å². The Morgan fingerprint density at radius 2 is 1.56 bits per heavy atom. The van der Waals surface area contributed by atoms with E-state index in [1.54, 1.807) is 0 Å². The predicted octanol–water partition coefficient (Wildman–Crippen LogP) is 3.61. The highest BCUT2D eigenvalue weighted by Crippen LogP contribution is 2.41. The van der Waals surface area contributed by atoms with Gasteiger partial charge in [-0.2, -0.15) is 0 Å². The summed E-state index contributed by atoms with van der Waals surface area (Å²) in [5, 5.41) is 0. The molecule has 4 nitrogen and oxygen atoms in total. The van der Waals surface area contributed by atoms with E-state index in [2.05, 4.69) is 78.4 Å². The van der Waals surface area contributed by atoms with Gasteiger partial charge in [-0.25, -0.2) is 0 Å². The second kappa shape index (κ2) is 7.16. The second-order valence-electron chi connectivity index (χ2n) is 6.92. The molecule has 0 N–H and O–H groups in total. The quantitative estimate of drug-likeness (QED) is 0.853. The number of likely N-dealkylation sites (N-methyl/N-ethyl adjacent to an activating group) is 1. The second-order valence-corrected chi connectivity index (χ2v) is 6.92. The van der Waals surface area contributed by atoms with E-state index in [9.17, 15) is 0 Å². The highest BCUT2D eigenvalue weighted by Gasteiger charge is 2.38. The van der Waals surface area contributed by atoms with Gasteiger partial charge in [0.1, 0.15) is 12.3 Å². The van der Waals surface area contributed by atoms with Crippen LogP contribution in [0.25, 0.3) is 0 Å². The maximum Gasteiger partial charge on any atom is 0.137 e. The van der Waals surface area contributed by atoms with E-state index in [0.717, 1.165) is 26.3 Å². The number of nitrogens with zero attached hydrogens (tertiary/aromatic N) is 2. The molecule has 2 saturated heterocycles. The molecule has 4 heteroatoms. The van der Waals surface area contributed by atoms with Crippen LogP contribution in [0, 0.1) is 0 Å². The van der Waals surface area contributed by atoms with E-state index < -0.39 is 0 Å². The van der Waals surface area contributed by atoms with Gasteiger partial charge in [-0.1, -0.05) is 42.5 Å². The first-order valence-corrected chi connectivity index (χ1v) is 9.09. The Bertz CT molecular complexity index is 683. The highest BCUT2D eigenvalue weighted by molar-refractivity contribution is 5.48. The fourth-order valence-electron chi connectivity index (χ4n) is 3.76. The van der Waals surface area contributed by atoms with Crippen LogP contribution >= 0.6 is 0 Å². The molecule has 2 aliphatic heterocycles. The SMILES string of the molecule is C[C@H]1[C@@H](c2ccccc2)O[C@H](c2ccc(N3CCOCC3)cc2)N1C. The van der Waals surface area contributed by atoms with Gasteiger partial charge in [-0.3, -0.25) is 4.90 Å². The van der Waals surface area contributed by atoms with Gasteiger partial charge in [0.2, 0.25) is 0 Å². The minimum atomic E-state index is -0.000977. The molecule has 0 unspecified atom stereocenters. The molecule has 4 rings (SSSR count). The summed E-state index contributed by atoms with van der Waals surface area (Å²) in [6.07, 6.45) is 0.106. The molecule has 25 heavy (non-hydrogen) atoms. The van der Waals surface area contributed by atoms with Gasteiger partial charge in [0.25, 0.3) is 0 Å². The summed E-state index contributed by atoms with van der Waals surface area (Å²) in [4.78, 5) is 4.70. The summed E-state index contributed by atoms with van der Waals surface area (Å²) in [6.45, 7) is 5.79. The lowest BCUT2D eigenvalue weighted by Gasteiger charge is -2.29. The van der Waals surface area contributed by atoms with Gasteiger partial charge in [-0.05, 0) is 37.2 Å². The van der Waals surface area contributed by atoms with Crippen molar-refractivity contribution >= 4 is 5.69 Å². The lowest BCUT2D eigenvalue weighted by Crippen LogP contribution is -2.36. The molecule has 2 aliphatic rings. The first-order chi connectivity index (χ1) is 12.2. The maximum atomic E-state index is 6.44. The van der Waals surface area contributed by atoms with Crippen molar-refractivity contribution in [2.24, 2.45) is 0 Å². The molecule has 132 valence electrons. The minimum absolute atomic E-state index is 0.000977. The van der Waals surface area contributed by atoms with Crippen LogP contribution < -0.4 is 4.90 Å². The number of benzene rings is 2. The number of ether oxygens (including phenoxy) is 2. The zero-order valence-corrected chi connectivity index (χ0v) is 15.0.